The van der Waals surface area contributed by atoms with Crippen molar-refractivity contribution in [3.05, 3.63) is 30.1 Å². The highest BCUT2D eigenvalue weighted by molar-refractivity contribution is 5.94. The van der Waals surface area contributed by atoms with Gasteiger partial charge in [-0.25, -0.2) is 0 Å². The van der Waals surface area contributed by atoms with E-state index in [1.54, 1.807) is 41.4 Å². The van der Waals surface area contributed by atoms with Gasteiger partial charge in [-0.05, 0) is 12.1 Å². The number of morpholine rings is 1. The second-order valence-electron chi connectivity index (χ2n) is 4.87. The van der Waals surface area contributed by atoms with Crippen molar-refractivity contribution in [3.8, 4) is 0 Å². The van der Waals surface area contributed by atoms with Crippen LogP contribution in [0.3, 0.4) is 0 Å². The Morgan fingerprint density at radius 1 is 1.47 bits per heavy atom. The number of likely N-dealkylation sites (N-methyl/N-ethyl adjacent to an activating group) is 1. The Morgan fingerprint density at radius 2 is 2.32 bits per heavy atom. The number of carbonyl (C=O) groups excluding carboxylic acids is 2. The topological polar surface area (TPSA) is 62.7 Å². The molecule has 0 saturated carbocycles. The SMILES string of the molecule is CN1C(=O)CO[C@@H]2CN(C(=O)c3cccnc3)C[C@@H]21. The van der Waals surface area contributed by atoms with Crippen LogP contribution in [0.2, 0.25) is 0 Å². The molecule has 0 unspecified atom stereocenters. The van der Waals surface area contributed by atoms with Gasteiger partial charge in [-0.2, -0.15) is 0 Å². The van der Waals surface area contributed by atoms with Crippen LogP contribution in [0.15, 0.2) is 24.5 Å². The lowest BCUT2D eigenvalue weighted by molar-refractivity contribution is -0.150. The van der Waals surface area contributed by atoms with Gasteiger partial charge in [0, 0.05) is 32.5 Å². The van der Waals surface area contributed by atoms with Crippen LogP contribution in [0.5, 0.6) is 0 Å². The molecule has 2 atom stereocenters. The summed E-state index contributed by atoms with van der Waals surface area (Å²) in [6, 6.07) is 3.44. The van der Waals surface area contributed by atoms with Crippen molar-refractivity contribution in [1.82, 2.24) is 14.8 Å². The monoisotopic (exact) mass is 261 g/mol. The number of likely N-dealkylation sites (tertiary alicyclic amines) is 1. The van der Waals surface area contributed by atoms with Crippen molar-refractivity contribution in [2.24, 2.45) is 0 Å². The number of carbonyl (C=O) groups is 2. The lowest BCUT2D eigenvalue weighted by atomic mass is 10.1. The van der Waals surface area contributed by atoms with Gasteiger partial charge in [-0.3, -0.25) is 14.6 Å². The first-order valence-electron chi connectivity index (χ1n) is 6.23. The molecule has 2 fully saturated rings. The summed E-state index contributed by atoms with van der Waals surface area (Å²) in [4.78, 5) is 31.2. The first-order chi connectivity index (χ1) is 9.16. The number of pyridine rings is 1. The summed E-state index contributed by atoms with van der Waals surface area (Å²) in [5, 5.41) is 0. The molecule has 1 aromatic rings. The van der Waals surface area contributed by atoms with E-state index in [4.69, 9.17) is 4.74 Å². The molecule has 3 rings (SSSR count). The Kier molecular flexibility index (Phi) is 2.94. The zero-order chi connectivity index (χ0) is 13.4. The quantitative estimate of drug-likeness (QED) is 0.700. The molecule has 6 nitrogen and oxygen atoms in total. The van der Waals surface area contributed by atoms with Gasteiger partial charge in [-0.15, -0.1) is 0 Å². The largest absolute Gasteiger partial charge is 0.364 e. The number of amides is 2. The van der Waals surface area contributed by atoms with Gasteiger partial charge in [0.05, 0.1) is 17.7 Å². The van der Waals surface area contributed by atoms with E-state index in [0.717, 1.165) is 0 Å². The third-order valence-electron chi connectivity index (χ3n) is 3.74. The summed E-state index contributed by atoms with van der Waals surface area (Å²) in [5.41, 5.74) is 0.565. The molecule has 100 valence electrons. The lowest BCUT2D eigenvalue weighted by Crippen LogP contribution is -2.51. The highest BCUT2D eigenvalue weighted by atomic mass is 16.5. The molecule has 1 aromatic heterocycles. The van der Waals surface area contributed by atoms with Gasteiger partial charge >= 0.3 is 0 Å². The van der Waals surface area contributed by atoms with E-state index in [9.17, 15) is 9.59 Å². The third kappa shape index (κ3) is 2.08. The highest BCUT2D eigenvalue weighted by Crippen LogP contribution is 2.23. The van der Waals surface area contributed by atoms with Crippen LogP contribution >= 0.6 is 0 Å². The summed E-state index contributed by atoms with van der Waals surface area (Å²) >= 11 is 0. The maximum atomic E-state index is 12.3. The maximum absolute atomic E-state index is 12.3. The minimum absolute atomic E-state index is 0.0306. The van der Waals surface area contributed by atoms with Crippen molar-refractivity contribution in [1.29, 1.82) is 0 Å². The minimum atomic E-state index is -0.0803. The number of aromatic nitrogens is 1. The molecule has 0 N–H and O–H groups in total. The Labute approximate surface area is 111 Å². The molecule has 6 heteroatoms. The standard InChI is InChI=1S/C13H15N3O3/c1-15-10-6-16(7-11(10)19-8-12(15)17)13(18)9-3-2-4-14-5-9/h2-5,10-11H,6-8H2,1H3/t10-,11+/m0/s1. The predicted molar refractivity (Wildman–Crippen MR) is 66.4 cm³/mol. The Hall–Kier alpha value is -1.95. The molecule has 0 radical (unpaired) electrons. The van der Waals surface area contributed by atoms with Crippen LogP contribution in [-0.2, 0) is 9.53 Å². The number of fused-ring (bicyclic) bond motifs is 1. The number of nitrogens with zero attached hydrogens (tertiary/aromatic N) is 3. The summed E-state index contributed by atoms with van der Waals surface area (Å²) in [6.07, 6.45) is 3.11. The highest BCUT2D eigenvalue weighted by Gasteiger charge is 2.43. The fourth-order valence-corrected chi connectivity index (χ4v) is 2.60. The molecule has 0 spiro atoms. The molecule has 2 amide bonds. The van der Waals surface area contributed by atoms with Crippen LogP contribution in [-0.4, -0.2) is 65.5 Å². The third-order valence-corrected chi connectivity index (χ3v) is 3.74. The molecule has 3 heterocycles. The molecular weight excluding hydrogens is 246 g/mol. The first kappa shape index (κ1) is 12.1. The van der Waals surface area contributed by atoms with E-state index in [1.807, 2.05) is 0 Å². The minimum Gasteiger partial charge on any atom is -0.364 e. The fraction of sp³-hybridized carbons (Fsp3) is 0.462. The molecule has 0 aromatic carbocycles. The average molecular weight is 261 g/mol. The van der Waals surface area contributed by atoms with Crippen LogP contribution in [0.4, 0.5) is 0 Å². The number of rotatable bonds is 1. The lowest BCUT2D eigenvalue weighted by Gasteiger charge is -2.33. The van der Waals surface area contributed by atoms with E-state index in [1.165, 1.54) is 0 Å². The second kappa shape index (κ2) is 4.62. The van der Waals surface area contributed by atoms with Gasteiger partial charge in [0.1, 0.15) is 6.61 Å². The second-order valence-corrected chi connectivity index (χ2v) is 4.87. The van der Waals surface area contributed by atoms with E-state index in [2.05, 4.69) is 4.98 Å². The van der Waals surface area contributed by atoms with Crippen molar-refractivity contribution >= 4 is 11.8 Å². The molecule has 2 aliphatic rings. The Morgan fingerprint density at radius 3 is 3.05 bits per heavy atom. The Balaban J connectivity index is 1.75. The summed E-state index contributed by atoms with van der Waals surface area (Å²) < 4.78 is 5.50. The smallest absolute Gasteiger partial charge is 0.255 e. The van der Waals surface area contributed by atoms with Crippen LogP contribution < -0.4 is 0 Å². The van der Waals surface area contributed by atoms with Crippen molar-refractivity contribution < 1.29 is 14.3 Å². The average Bonchev–Trinajstić information content (AvgIpc) is 2.88. The number of ether oxygens (including phenoxy) is 1. The van der Waals surface area contributed by atoms with Gasteiger partial charge in [0.2, 0.25) is 5.91 Å². The fourth-order valence-electron chi connectivity index (χ4n) is 2.60. The maximum Gasteiger partial charge on any atom is 0.255 e. The van der Waals surface area contributed by atoms with Crippen LogP contribution in [0.25, 0.3) is 0 Å². The summed E-state index contributed by atoms with van der Waals surface area (Å²) in [7, 11) is 1.76. The van der Waals surface area contributed by atoms with E-state index < -0.39 is 0 Å². The van der Waals surface area contributed by atoms with Crippen LogP contribution in [0.1, 0.15) is 10.4 Å². The molecule has 19 heavy (non-hydrogen) atoms. The summed E-state index contributed by atoms with van der Waals surface area (Å²) in [5.74, 6) is -0.0936. The molecule has 2 aliphatic heterocycles. The van der Waals surface area contributed by atoms with Crippen molar-refractivity contribution in [2.75, 3.05) is 26.7 Å². The van der Waals surface area contributed by atoms with Gasteiger partial charge in [0.15, 0.2) is 0 Å². The van der Waals surface area contributed by atoms with E-state index in [-0.39, 0.29) is 30.6 Å². The molecule has 2 saturated heterocycles. The molecule has 0 aliphatic carbocycles. The summed E-state index contributed by atoms with van der Waals surface area (Å²) in [6.45, 7) is 1.14. The first-order valence-corrected chi connectivity index (χ1v) is 6.23. The zero-order valence-corrected chi connectivity index (χ0v) is 10.7. The predicted octanol–water partition coefficient (Wildman–Crippen LogP) is -0.237. The number of hydrogen-bond acceptors (Lipinski definition) is 4. The van der Waals surface area contributed by atoms with Crippen molar-refractivity contribution in [2.45, 2.75) is 12.1 Å². The number of hydrogen-bond donors (Lipinski definition) is 0. The van der Waals surface area contributed by atoms with E-state index in [0.29, 0.717) is 18.7 Å². The molecule has 0 bridgehead atoms. The van der Waals surface area contributed by atoms with E-state index >= 15 is 0 Å². The Bertz CT molecular complexity index is 505. The van der Waals surface area contributed by atoms with Gasteiger partial charge in [-0.1, -0.05) is 0 Å². The normalized spacial score (nSPS) is 26.5. The van der Waals surface area contributed by atoms with Gasteiger partial charge in [0.25, 0.3) is 5.91 Å². The zero-order valence-electron chi connectivity index (χ0n) is 10.7. The molecular formula is C13H15N3O3. The van der Waals surface area contributed by atoms with Crippen LogP contribution in [0, 0.1) is 0 Å². The van der Waals surface area contributed by atoms with Gasteiger partial charge < -0.3 is 14.5 Å². The van der Waals surface area contributed by atoms with Crippen molar-refractivity contribution in [3.63, 3.8) is 0 Å².